The van der Waals surface area contributed by atoms with Gasteiger partial charge in [0.1, 0.15) is 0 Å². The number of hydrogen-bond donors (Lipinski definition) is 1. The first-order valence-corrected chi connectivity index (χ1v) is 9.09. The SMILES string of the molecule is Cc1n[nH]c(C)c1CN(C)C(=O)[C@@H]1CCCCN1Cc1ccccc1. The Morgan fingerprint density at radius 2 is 2.04 bits per heavy atom. The molecule has 2 heterocycles. The van der Waals surface area contributed by atoms with Gasteiger partial charge in [0.05, 0.1) is 11.7 Å². The molecule has 5 nitrogen and oxygen atoms in total. The number of carbonyl (C=O) groups is 1. The number of aromatic nitrogens is 2. The second-order valence-electron chi connectivity index (χ2n) is 7.07. The average molecular weight is 340 g/mol. The Hall–Kier alpha value is -2.14. The van der Waals surface area contributed by atoms with Crippen molar-refractivity contribution in [3.63, 3.8) is 0 Å². The zero-order chi connectivity index (χ0) is 17.8. The third-order valence-corrected chi connectivity index (χ3v) is 5.18. The van der Waals surface area contributed by atoms with E-state index in [1.54, 1.807) is 0 Å². The first kappa shape index (κ1) is 17.7. The van der Waals surface area contributed by atoms with Gasteiger partial charge in [-0.3, -0.25) is 14.8 Å². The number of likely N-dealkylation sites (tertiary alicyclic amines) is 1. The summed E-state index contributed by atoms with van der Waals surface area (Å²) >= 11 is 0. The molecule has 1 fully saturated rings. The van der Waals surface area contributed by atoms with Gasteiger partial charge in [-0.15, -0.1) is 0 Å². The number of likely N-dealkylation sites (N-methyl/N-ethyl adjacent to an activating group) is 1. The zero-order valence-corrected chi connectivity index (χ0v) is 15.5. The number of H-pyrrole nitrogens is 1. The van der Waals surface area contributed by atoms with Gasteiger partial charge in [0, 0.05) is 31.4 Å². The van der Waals surface area contributed by atoms with Gasteiger partial charge in [0.25, 0.3) is 0 Å². The maximum absolute atomic E-state index is 13.1. The third kappa shape index (κ3) is 4.10. The fourth-order valence-corrected chi connectivity index (χ4v) is 3.65. The summed E-state index contributed by atoms with van der Waals surface area (Å²) in [6.45, 7) is 6.44. The largest absolute Gasteiger partial charge is 0.340 e. The summed E-state index contributed by atoms with van der Waals surface area (Å²) in [5, 5.41) is 7.24. The van der Waals surface area contributed by atoms with Crippen molar-refractivity contribution in [3.05, 3.63) is 52.8 Å². The molecule has 0 spiro atoms. The van der Waals surface area contributed by atoms with Crippen molar-refractivity contribution in [2.24, 2.45) is 0 Å². The highest BCUT2D eigenvalue weighted by atomic mass is 16.2. The van der Waals surface area contributed by atoms with Crippen LogP contribution in [0.15, 0.2) is 30.3 Å². The summed E-state index contributed by atoms with van der Waals surface area (Å²) in [5.74, 6) is 0.218. The van der Waals surface area contributed by atoms with E-state index < -0.39 is 0 Å². The lowest BCUT2D eigenvalue weighted by atomic mass is 9.99. The van der Waals surface area contributed by atoms with Crippen LogP contribution in [-0.4, -0.2) is 45.5 Å². The Kier molecular flexibility index (Phi) is 5.53. The van der Waals surface area contributed by atoms with E-state index >= 15 is 0 Å². The fourth-order valence-electron chi connectivity index (χ4n) is 3.65. The molecular formula is C20H28N4O. The van der Waals surface area contributed by atoms with E-state index in [0.29, 0.717) is 6.54 Å². The van der Waals surface area contributed by atoms with Crippen molar-refractivity contribution in [1.82, 2.24) is 20.0 Å². The number of aryl methyl sites for hydroxylation is 2. The van der Waals surface area contributed by atoms with Gasteiger partial charge in [-0.2, -0.15) is 5.10 Å². The number of hydrogen-bond acceptors (Lipinski definition) is 3. The van der Waals surface area contributed by atoms with Crippen molar-refractivity contribution in [2.45, 2.75) is 52.2 Å². The van der Waals surface area contributed by atoms with Gasteiger partial charge in [-0.1, -0.05) is 36.8 Å². The van der Waals surface area contributed by atoms with E-state index in [-0.39, 0.29) is 11.9 Å². The van der Waals surface area contributed by atoms with E-state index in [4.69, 9.17) is 0 Å². The lowest BCUT2D eigenvalue weighted by Gasteiger charge is -2.36. The molecule has 1 N–H and O–H groups in total. The third-order valence-electron chi connectivity index (χ3n) is 5.18. The molecule has 1 aromatic heterocycles. The van der Waals surface area contributed by atoms with Crippen LogP contribution in [0.3, 0.4) is 0 Å². The van der Waals surface area contributed by atoms with Crippen LogP contribution in [0, 0.1) is 13.8 Å². The normalized spacial score (nSPS) is 18.3. The number of aromatic amines is 1. The molecule has 3 rings (SSSR count). The van der Waals surface area contributed by atoms with Crippen LogP contribution in [0.5, 0.6) is 0 Å². The van der Waals surface area contributed by atoms with E-state index in [1.807, 2.05) is 31.9 Å². The molecule has 1 saturated heterocycles. The molecule has 1 aliphatic rings. The number of piperidine rings is 1. The molecule has 0 unspecified atom stereocenters. The number of amides is 1. The van der Waals surface area contributed by atoms with E-state index in [9.17, 15) is 4.79 Å². The molecule has 1 atom stereocenters. The fraction of sp³-hybridized carbons (Fsp3) is 0.500. The second kappa shape index (κ2) is 7.83. The molecule has 1 aromatic carbocycles. The van der Waals surface area contributed by atoms with Crippen molar-refractivity contribution < 1.29 is 4.79 Å². The highest BCUT2D eigenvalue weighted by Crippen LogP contribution is 2.22. The van der Waals surface area contributed by atoms with Crippen LogP contribution in [0.2, 0.25) is 0 Å². The standard InChI is InChI=1S/C20H28N4O/c1-15-18(16(2)22-21-15)14-23(3)20(25)19-11-7-8-12-24(19)13-17-9-5-4-6-10-17/h4-6,9-10,19H,7-8,11-14H2,1-3H3,(H,21,22)/t19-/m0/s1. The van der Waals surface area contributed by atoms with Gasteiger partial charge >= 0.3 is 0 Å². The zero-order valence-electron chi connectivity index (χ0n) is 15.5. The predicted octanol–water partition coefficient (Wildman–Crippen LogP) is 3.04. The van der Waals surface area contributed by atoms with Crippen molar-refractivity contribution in [1.29, 1.82) is 0 Å². The number of nitrogens with zero attached hydrogens (tertiary/aromatic N) is 3. The summed E-state index contributed by atoms with van der Waals surface area (Å²) in [6, 6.07) is 10.4. The van der Waals surface area contributed by atoms with Crippen LogP contribution in [0.25, 0.3) is 0 Å². The molecule has 1 aliphatic heterocycles. The molecular weight excluding hydrogens is 312 g/mol. The minimum atomic E-state index is -0.0218. The number of rotatable bonds is 5. The Morgan fingerprint density at radius 1 is 1.28 bits per heavy atom. The Morgan fingerprint density at radius 3 is 2.72 bits per heavy atom. The highest BCUT2D eigenvalue weighted by molar-refractivity contribution is 5.81. The van der Waals surface area contributed by atoms with Gasteiger partial charge < -0.3 is 4.90 Å². The monoisotopic (exact) mass is 340 g/mol. The van der Waals surface area contributed by atoms with Crippen molar-refractivity contribution in [2.75, 3.05) is 13.6 Å². The smallest absolute Gasteiger partial charge is 0.239 e. The highest BCUT2D eigenvalue weighted by Gasteiger charge is 2.31. The predicted molar refractivity (Wildman–Crippen MR) is 99.0 cm³/mol. The molecule has 0 aliphatic carbocycles. The maximum atomic E-state index is 13.1. The number of carbonyl (C=O) groups excluding carboxylic acids is 1. The quantitative estimate of drug-likeness (QED) is 0.910. The van der Waals surface area contributed by atoms with Crippen molar-refractivity contribution in [3.8, 4) is 0 Å². The van der Waals surface area contributed by atoms with Gasteiger partial charge in [0.15, 0.2) is 0 Å². The second-order valence-corrected chi connectivity index (χ2v) is 7.07. The topological polar surface area (TPSA) is 52.2 Å². The van der Waals surface area contributed by atoms with Crippen LogP contribution < -0.4 is 0 Å². The van der Waals surface area contributed by atoms with Crippen LogP contribution in [0.4, 0.5) is 0 Å². The molecule has 2 aromatic rings. The first-order chi connectivity index (χ1) is 12.1. The molecule has 1 amide bonds. The minimum Gasteiger partial charge on any atom is -0.340 e. The van der Waals surface area contributed by atoms with Crippen LogP contribution >= 0.6 is 0 Å². The van der Waals surface area contributed by atoms with Gasteiger partial charge in [-0.05, 0) is 38.8 Å². The van der Waals surface area contributed by atoms with Crippen molar-refractivity contribution >= 4 is 5.91 Å². The summed E-state index contributed by atoms with van der Waals surface area (Å²) in [5.41, 5.74) is 4.41. The Bertz CT molecular complexity index is 690. The molecule has 25 heavy (non-hydrogen) atoms. The van der Waals surface area contributed by atoms with Crippen LogP contribution in [0.1, 0.15) is 41.8 Å². The summed E-state index contributed by atoms with van der Waals surface area (Å²) in [6.07, 6.45) is 3.24. The van der Waals surface area contributed by atoms with Crippen LogP contribution in [-0.2, 0) is 17.9 Å². The molecule has 0 bridgehead atoms. The average Bonchev–Trinajstić information content (AvgIpc) is 2.94. The van der Waals surface area contributed by atoms with E-state index in [2.05, 4.69) is 39.4 Å². The molecule has 5 heteroatoms. The van der Waals surface area contributed by atoms with Gasteiger partial charge in [0.2, 0.25) is 5.91 Å². The minimum absolute atomic E-state index is 0.0218. The Labute approximate surface area is 150 Å². The number of nitrogens with one attached hydrogen (secondary N) is 1. The van der Waals surface area contributed by atoms with E-state index in [0.717, 1.165) is 42.9 Å². The first-order valence-electron chi connectivity index (χ1n) is 9.09. The van der Waals surface area contributed by atoms with E-state index in [1.165, 1.54) is 12.0 Å². The lowest BCUT2D eigenvalue weighted by molar-refractivity contribution is -0.137. The molecule has 0 radical (unpaired) electrons. The lowest BCUT2D eigenvalue weighted by Crippen LogP contribution is -2.49. The summed E-state index contributed by atoms with van der Waals surface area (Å²) in [7, 11) is 1.91. The maximum Gasteiger partial charge on any atom is 0.239 e. The summed E-state index contributed by atoms with van der Waals surface area (Å²) in [4.78, 5) is 17.3. The number of benzene rings is 1. The summed E-state index contributed by atoms with van der Waals surface area (Å²) < 4.78 is 0. The molecule has 134 valence electrons. The Balaban J connectivity index is 1.69. The molecule has 0 saturated carbocycles. The van der Waals surface area contributed by atoms with Gasteiger partial charge in [-0.25, -0.2) is 0 Å².